The first kappa shape index (κ1) is 22.4. The molecule has 3 nitrogen and oxygen atoms in total. The maximum Gasteiger partial charge on any atom is 0.427 e. The Labute approximate surface area is 164 Å². The minimum absolute atomic E-state index is 0.620. The molecule has 1 saturated carbocycles. The molecule has 0 aromatic carbocycles. The van der Waals surface area contributed by atoms with Crippen molar-refractivity contribution in [2.45, 2.75) is 122 Å². The van der Waals surface area contributed by atoms with Crippen molar-refractivity contribution in [1.29, 1.82) is 0 Å². The number of nitrogens with zero attached hydrogens (tertiary/aromatic N) is 1. The highest BCUT2D eigenvalue weighted by atomic mass is 28.4. The SMILES string of the molecule is CCCCCCCCCC[Si](OC)(OC)N1C(C)CCC2CCCCC21. The van der Waals surface area contributed by atoms with Crippen LogP contribution in [0.25, 0.3) is 0 Å². The van der Waals surface area contributed by atoms with E-state index in [0.717, 1.165) is 12.0 Å². The van der Waals surface area contributed by atoms with E-state index in [1.165, 1.54) is 89.9 Å². The molecule has 0 aromatic heterocycles. The van der Waals surface area contributed by atoms with Crippen molar-refractivity contribution in [1.82, 2.24) is 4.57 Å². The number of hydrogen-bond donors (Lipinski definition) is 0. The largest absolute Gasteiger partial charge is 0.427 e. The van der Waals surface area contributed by atoms with Crippen LogP contribution in [-0.4, -0.2) is 39.6 Å². The molecule has 4 heteroatoms. The van der Waals surface area contributed by atoms with E-state index in [9.17, 15) is 0 Å². The summed E-state index contributed by atoms with van der Waals surface area (Å²) in [5.41, 5.74) is 0. The molecule has 3 atom stereocenters. The Morgan fingerprint density at radius 2 is 1.42 bits per heavy atom. The van der Waals surface area contributed by atoms with Gasteiger partial charge in [-0.25, -0.2) is 0 Å². The summed E-state index contributed by atoms with van der Waals surface area (Å²) in [6, 6.07) is 2.48. The zero-order valence-electron chi connectivity index (χ0n) is 18.1. The minimum Gasteiger partial charge on any atom is -0.386 e. The molecule has 1 saturated heterocycles. The lowest BCUT2D eigenvalue weighted by molar-refractivity contribution is 0.0291. The molecule has 1 aliphatic heterocycles. The minimum atomic E-state index is -2.26. The summed E-state index contributed by atoms with van der Waals surface area (Å²) in [5, 5.41) is 0. The summed E-state index contributed by atoms with van der Waals surface area (Å²) in [5.74, 6) is 0.885. The predicted molar refractivity (Wildman–Crippen MR) is 113 cm³/mol. The van der Waals surface area contributed by atoms with Gasteiger partial charge in [0.2, 0.25) is 0 Å². The standard InChI is InChI=1S/C22H45NO2Si/c1-5-6-7-8-9-10-11-14-19-26(24-3,25-4)23-20(2)17-18-21-15-12-13-16-22(21)23/h20-22H,5-19H2,1-4H3. The van der Waals surface area contributed by atoms with Crippen LogP contribution in [0.4, 0.5) is 0 Å². The first-order valence-corrected chi connectivity index (χ1v) is 13.5. The van der Waals surface area contributed by atoms with Crippen molar-refractivity contribution in [2.24, 2.45) is 5.92 Å². The van der Waals surface area contributed by atoms with Crippen LogP contribution in [0, 0.1) is 5.92 Å². The maximum absolute atomic E-state index is 6.25. The van der Waals surface area contributed by atoms with Gasteiger partial charge in [0.25, 0.3) is 0 Å². The van der Waals surface area contributed by atoms with Gasteiger partial charge in [-0.15, -0.1) is 0 Å². The average molecular weight is 384 g/mol. The quantitative estimate of drug-likeness (QED) is 0.287. The van der Waals surface area contributed by atoms with E-state index >= 15 is 0 Å². The molecular formula is C22H45NO2Si. The van der Waals surface area contributed by atoms with Gasteiger partial charge in [-0.3, -0.25) is 4.57 Å². The normalized spacial score (nSPS) is 27.5. The summed E-state index contributed by atoms with van der Waals surface area (Å²) in [4.78, 5) is 0. The molecule has 0 aromatic rings. The fourth-order valence-electron chi connectivity index (χ4n) is 5.51. The first-order valence-electron chi connectivity index (χ1n) is 11.6. The summed E-state index contributed by atoms with van der Waals surface area (Å²) >= 11 is 0. The van der Waals surface area contributed by atoms with Crippen LogP contribution >= 0.6 is 0 Å². The second-order valence-electron chi connectivity index (χ2n) is 8.79. The van der Waals surface area contributed by atoms with Crippen molar-refractivity contribution < 1.29 is 8.85 Å². The lowest BCUT2D eigenvalue weighted by Gasteiger charge is -2.53. The second kappa shape index (κ2) is 11.8. The van der Waals surface area contributed by atoms with Gasteiger partial charge in [0.15, 0.2) is 0 Å². The van der Waals surface area contributed by atoms with E-state index < -0.39 is 8.72 Å². The van der Waals surface area contributed by atoms with Crippen molar-refractivity contribution >= 4 is 8.72 Å². The highest BCUT2D eigenvalue weighted by Gasteiger charge is 2.52. The smallest absolute Gasteiger partial charge is 0.386 e. The van der Waals surface area contributed by atoms with Crippen LogP contribution in [-0.2, 0) is 8.85 Å². The molecule has 2 fully saturated rings. The highest BCUT2D eigenvalue weighted by molar-refractivity contribution is 6.64. The average Bonchev–Trinajstić information content (AvgIpc) is 2.68. The number of hydrogen-bond acceptors (Lipinski definition) is 3. The van der Waals surface area contributed by atoms with Crippen molar-refractivity contribution in [3.63, 3.8) is 0 Å². The molecule has 2 rings (SSSR count). The Morgan fingerprint density at radius 3 is 2.08 bits per heavy atom. The van der Waals surface area contributed by atoms with Crippen LogP contribution in [0.3, 0.4) is 0 Å². The Bertz CT molecular complexity index is 375. The molecule has 154 valence electrons. The summed E-state index contributed by atoms with van der Waals surface area (Å²) in [7, 11) is 1.57. The van der Waals surface area contributed by atoms with Crippen LogP contribution < -0.4 is 0 Å². The zero-order valence-corrected chi connectivity index (χ0v) is 19.1. The summed E-state index contributed by atoms with van der Waals surface area (Å²) < 4.78 is 15.3. The Balaban J connectivity index is 1.88. The third-order valence-corrected chi connectivity index (χ3v) is 10.9. The lowest BCUT2D eigenvalue weighted by Crippen LogP contribution is -2.67. The highest BCUT2D eigenvalue weighted by Crippen LogP contribution is 2.41. The van der Waals surface area contributed by atoms with Gasteiger partial charge in [0.05, 0.1) is 0 Å². The number of rotatable bonds is 12. The summed E-state index contributed by atoms with van der Waals surface area (Å²) in [6.07, 6.45) is 19.3. The van der Waals surface area contributed by atoms with Crippen molar-refractivity contribution in [3.8, 4) is 0 Å². The van der Waals surface area contributed by atoms with Crippen LogP contribution in [0.2, 0.25) is 6.04 Å². The van der Waals surface area contributed by atoms with Gasteiger partial charge in [-0.1, -0.05) is 64.7 Å². The Kier molecular flexibility index (Phi) is 10.2. The molecule has 0 spiro atoms. The van der Waals surface area contributed by atoms with Gasteiger partial charge < -0.3 is 8.85 Å². The Morgan fingerprint density at radius 1 is 0.808 bits per heavy atom. The van der Waals surface area contributed by atoms with Crippen molar-refractivity contribution in [3.05, 3.63) is 0 Å². The second-order valence-corrected chi connectivity index (χ2v) is 12.0. The molecule has 0 bridgehead atoms. The fraction of sp³-hybridized carbons (Fsp3) is 1.00. The van der Waals surface area contributed by atoms with E-state index in [1.807, 2.05) is 14.2 Å². The van der Waals surface area contributed by atoms with E-state index in [0.29, 0.717) is 12.1 Å². The van der Waals surface area contributed by atoms with Gasteiger partial charge in [-0.2, -0.15) is 0 Å². The van der Waals surface area contributed by atoms with Crippen LogP contribution in [0.1, 0.15) is 104 Å². The molecule has 2 aliphatic rings. The number of piperidine rings is 1. The topological polar surface area (TPSA) is 21.7 Å². The van der Waals surface area contributed by atoms with Gasteiger partial charge in [-0.05, 0) is 44.9 Å². The molecule has 0 amide bonds. The van der Waals surface area contributed by atoms with E-state index in [4.69, 9.17) is 8.85 Å². The molecule has 1 heterocycles. The maximum atomic E-state index is 6.25. The zero-order chi connectivity index (χ0) is 18.8. The van der Waals surface area contributed by atoms with Crippen LogP contribution in [0.5, 0.6) is 0 Å². The van der Waals surface area contributed by atoms with E-state index in [2.05, 4.69) is 18.4 Å². The lowest BCUT2D eigenvalue weighted by atomic mass is 9.78. The molecule has 1 aliphatic carbocycles. The number of fused-ring (bicyclic) bond motifs is 1. The monoisotopic (exact) mass is 383 g/mol. The molecule has 0 radical (unpaired) electrons. The van der Waals surface area contributed by atoms with Crippen LogP contribution in [0.15, 0.2) is 0 Å². The van der Waals surface area contributed by atoms with E-state index in [1.54, 1.807) is 0 Å². The van der Waals surface area contributed by atoms with Gasteiger partial charge >= 0.3 is 8.72 Å². The third-order valence-electron chi connectivity index (χ3n) is 7.03. The molecule has 0 N–H and O–H groups in total. The first-order chi connectivity index (χ1) is 12.7. The molecule has 3 unspecified atom stereocenters. The Hall–Kier alpha value is 0.0969. The molecular weight excluding hydrogens is 338 g/mol. The fourth-order valence-corrected chi connectivity index (χ4v) is 9.11. The summed E-state index contributed by atoms with van der Waals surface area (Å²) in [6.45, 7) is 4.70. The third kappa shape index (κ3) is 5.80. The molecule has 26 heavy (non-hydrogen) atoms. The predicted octanol–water partition coefficient (Wildman–Crippen LogP) is 6.40. The number of unbranched alkanes of at least 4 members (excludes halogenated alkanes) is 7. The van der Waals surface area contributed by atoms with Gasteiger partial charge in [0, 0.05) is 32.3 Å². The van der Waals surface area contributed by atoms with Gasteiger partial charge in [0.1, 0.15) is 0 Å². The van der Waals surface area contributed by atoms with E-state index in [-0.39, 0.29) is 0 Å². The van der Waals surface area contributed by atoms with Crippen molar-refractivity contribution in [2.75, 3.05) is 14.2 Å².